The second-order valence-corrected chi connectivity index (χ2v) is 6.78. The Kier molecular flexibility index (Phi) is 5.36. The zero-order chi connectivity index (χ0) is 18.7. The van der Waals surface area contributed by atoms with Crippen LogP contribution >= 0.6 is 15.9 Å². The Labute approximate surface area is 157 Å². The molecular weight excluding hydrogens is 406 g/mol. The minimum atomic E-state index is -0.603. The second kappa shape index (κ2) is 7.69. The molecule has 2 amide bonds. The predicted octanol–water partition coefficient (Wildman–Crippen LogP) is 2.28. The molecule has 0 spiro atoms. The maximum atomic E-state index is 12.2. The van der Waals surface area contributed by atoms with Gasteiger partial charge in [0.2, 0.25) is 5.91 Å². The SMILES string of the molecule is Cc1cc(NC(=O)COC(=O)[C@@H]2CC(=O)N(c3ccc(Br)cc3)C2)no1. The van der Waals surface area contributed by atoms with Gasteiger partial charge in [0.25, 0.3) is 5.91 Å². The first-order valence-electron chi connectivity index (χ1n) is 7.88. The molecule has 2 heterocycles. The third kappa shape index (κ3) is 4.29. The van der Waals surface area contributed by atoms with Crippen molar-refractivity contribution < 1.29 is 23.6 Å². The lowest BCUT2D eigenvalue weighted by atomic mass is 10.1. The highest BCUT2D eigenvalue weighted by molar-refractivity contribution is 9.10. The molecule has 3 rings (SSSR count). The fourth-order valence-electron chi connectivity index (χ4n) is 2.59. The number of nitrogens with zero attached hydrogens (tertiary/aromatic N) is 2. The third-order valence-corrected chi connectivity index (χ3v) is 4.37. The summed E-state index contributed by atoms with van der Waals surface area (Å²) in [6.07, 6.45) is 0.0546. The number of anilines is 2. The molecule has 1 aliphatic heterocycles. The number of amides is 2. The van der Waals surface area contributed by atoms with E-state index in [9.17, 15) is 14.4 Å². The number of benzene rings is 1. The molecular formula is C17H16BrN3O5. The number of nitrogens with one attached hydrogen (secondary N) is 1. The lowest BCUT2D eigenvalue weighted by molar-refractivity contribution is -0.151. The van der Waals surface area contributed by atoms with Crippen LogP contribution in [0.25, 0.3) is 0 Å². The second-order valence-electron chi connectivity index (χ2n) is 5.86. The summed E-state index contributed by atoms with van der Waals surface area (Å²) in [5.74, 6) is -1.06. The van der Waals surface area contributed by atoms with E-state index in [0.29, 0.717) is 11.4 Å². The normalized spacial score (nSPS) is 16.6. The number of halogens is 1. The zero-order valence-electron chi connectivity index (χ0n) is 13.9. The molecule has 1 aliphatic rings. The molecule has 0 bridgehead atoms. The number of hydrogen-bond donors (Lipinski definition) is 1. The molecule has 0 saturated carbocycles. The van der Waals surface area contributed by atoms with Crippen molar-refractivity contribution in [2.45, 2.75) is 13.3 Å². The van der Waals surface area contributed by atoms with Crippen LogP contribution in [0.4, 0.5) is 11.5 Å². The summed E-state index contributed by atoms with van der Waals surface area (Å²) in [6, 6.07) is 8.78. The van der Waals surface area contributed by atoms with Gasteiger partial charge in [-0.15, -0.1) is 0 Å². The number of hydrogen-bond acceptors (Lipinski definition) is 6. The molecule has 9 heteroatoms. The number of rotatable bonds is 5. The molecule has 1 saturated heterocycles. The zero-order valence-corrected chi connectivity index (χ0v) is 15.5. The van der Waals surface area contributed by atoms with Crippen LogP contribution in [0.1, 0.15) is 12.2 Å². The molecule has 1 fully saturated rings. The summed E-state index contributed by atoms with van der Waals surface area (Å²) in [5.41, 5.74) is 0.715. The topological polar surface area (TPSA) is 102 Å². The van der Waals surface area contributed by atoms with Crippen molar-refractivity contribution in [2.75, 3.05) is 23.4 Å². The summed E-state index contributed by atoms with van der Waals surface area (Å²) >= 11 is 3.34. The third-order valence-electron chi connectivity index (χ3n) is 3.84. The molecule has 0 radical (unpaired) electrons. The van der Waals surface area contributed by atoms with Gasteiger partial charge in [0.15, 0.2) is 12.4 Å². The van der Waals surface area contributed by atoms with Crippen molar-refractivity contribution in [1.29, 1.82) is 0 Å². The Bertz CT molecular complexity index is 833. The predicted molar refractivity (Wildman–Crippen MR) is 95.4 cm³/mol. The minimum absolute atomic E-state index is 0.0546. The van der Waals surface area contributed by atoms with Gasteiger partial charge in [-0.05, 0) is 31.2 Å². The lowest BCUT2D eigenvalue weighted by Crippen LogP contribution is -2.28. The van der Waals surface area contributed by atoms with Crippen LogP contribution in [0.3, 0.4) is 0 Å². The van der Waals surface area contributed by atoms with Crippen LogP contribution < -0.4 is 10.2 Å². The first kappa shape index (κ1) is 18.1. The molecule has 0 unspecified atom stereocenters. The fraction of sp³-hybridized carbons (Fsp3) is 0.294. The quantitative estimate of drug-likeness (QED) is 0.742. The van der Waals surface area contributed by atoms with Gasteiger partial charge in [0.1, 0.15) is 5.76 Å². The van der Waals surface area contributed by atoms with Gasteiger partial charge in [-0.1, -0.05) is 21.1 Å². The van der Waals surface area contributed by atoms with Gasteiger partial charge < -0.3 is 19.5 Å². The Hall–Kier alpha value is -2.68. The van der Waals surface area contributed by atoms with Crippen molar-refractivity contribution in [3.8, 4) is 0 Å². The largest absolute Gasteiger partial charge is 0.455 e. The van der Waals surface area contributed by atoms with E-state index in [1.807, 2.05) is 12.1 Å². The van der Waals surface area contributed by atoms with Gasteiger partial charge in [0.05, 0.1) is 5.92 Å². The van der Waals surface area contributed by atoms with E-state index in [2.05, 4.69) is 26.4 Å². The number of aryl methyl sites for hydroxylation is 1. The van der Waals surface area contributed by atoms with Crippen molar-refractivity contribution in [3.63, 3.8) is 0 Å². The molecule has 0 aliphatic carbocycles. The van der Waals surface area contributed by atoms with E-state index in [-0.39, 0.29) is 24.7 Å². The molecule has 8 nitrogen and oxygen atoms in total. The number of carbonyl (C=O) groups is 3. The van der Waals surface area contributed by atoms with E-state index < -0.39 is 24.4 Å². The van der Waals surface area contributed by atoms with Gasteiger partial charge in [-0.2, -0.15) is 0 Å². The first-order valence-corrected chi connectivity index (χ1v) is 8.67. The smallest absolute Gasteiger partial charge is 0.311 e. The monoisotopic (exact) mass is 421 g/mol. The van der Waals surface area contributed by atoms with E-state index in [0.717, 1.165) is 4.47 Å². The van der Waals surface area contributed by atoms with Gasteiger partial charge in [-0.25, -0.2) is 0 Å². The van der Waals surface area contributed by atoms with Crippen molar-refractivity contribution >= 4 is 45.2 Å². The maximum Gasteiger partial charge on any atom is 0.311 e. The summed E-state index contributed by atoms with van der Waals surface area (Å²) in [7, 11) is 0. The number of ether oxygens (including phenoxy) is 1. The number of esters is 1. The number of carbonyl (C=O) groups excluding carboxylic acids is 3. The lowest BCUT2D eigenvalue weighted by Gasteiger charge is -2.16. The van der Waals surface area contributed by atoms with Crippen LogP contribution in [0.2, 0.25) is 0 Å². The molecule has 26 heavy (non-hydrogen) atoms. The van der Waals surface area contributed by atoms with Crippen LogP contribution in [0, 0.1) is 12.8 Å². The van der Waals surface area contributed by atoms with Gasteiger partial charge >= 0.3 is 5.97 Å². The molecule has 1 N–H and O–H groups in total. The van der Waals surface area contributed by atoms with Crippen LogP contribution in [-0.2, 0) is 19.1 Å². The number of aromatic nitrogens is 1. The fourth-order valence-corrected chi connectivity index (χ4v) is 2.86. The van der Waals surface area contributed by atoms with Crippen LogP contribution in [-0.4, -0.2) is 36.1 Å². The average Bonchev–Trinajstić information content (AvgIpc) is 3.19. The van der Waals surface area contributed by atoms with Crippen molar-refractivity contribution in [1.82, 2.24) is 5.16 Å². The molecule has 2 aromatic rings. The van der Waals surface area contributed by atoms with Gasteiger partial charge in [-0.3, -0.25) is 14.4 Å². The van der Waals surface area contributed by atoms with Crippen LogP contribution in [0.15, 0.2) is 39.3 Å². The van der Waals surface area contributed by atoms with Crippen molar-refractivity contribution in [2.24, 2.45) is 5.92 Å². The molecule has 136 valence electrons. The van der Waals surface area contributed by atoms with E-state index in [1.165, 1.54) is 4.90 Å². The Morgan fingerprint density at radius 2 is 2.12 bits per heavy atom. The van der Waals surface area contributed by atoms with Crippen molar-refractivity contribution in [3.05, 3.63) is 40.6 Å². The van der Waals surface area contributed by atoms with E-state index in [1.54, 1.807) is 25.1 Å². The molecule has 1 aromatic heterocycles. The van der Waals surface area contributed by atoms with E-state index in [4.69, 9.17) is 9.26 Å². The van der Waals surface area contributed by atoms with Crippen LogP contribution in [0.5, 0.6) is 0 Å². The minimum Gasteiger partial charge on any atom is -0.455 e. The molecule has 1 aromatic carbocycles. The average molecular weight is 422 g/mol. The Morgan fingerprint density at radius 1 is 1.38 bits per heavy atom. The maximum absolute atomic E-state index is 12.2. The Balaban J connectivity index is 1.51. The highest BCUT2D eigenvalue weighted by atomic mass is 79.9. The highest BCUT2D eigenvalue weighted by Gasteiger charge is 2.36. The summed E-state index contributed by atoms with van der Waals surface area (Å²) in [6.45, 7) is 1.47. The Morgan fingerprint density at radius 3 is 2.77 bits per heavy atom. The summed E-state index contributed by atoms with van der Waals surface area (Å²) in [5, 5.41) is 6.07. The van der Waals surface area contributed by atoms with E-state index >= 15 is 0 Å². The molecule has 1 atom stereocenters. The first-order chi connectivity index (χ1) is 12.4. The standard InChI is InChI=1S/C17H16BrN3O5/c1-10-6-14(20-26-10)19-15(22)9-25-17(24)11-7-16(23)21(8-11)13-4-2-12(18)3-5-13/h2-6,11H,7-9H2,1H3,(H,19,20,22)/t11-/m1/s1. The summed E-state index contributed by atoms with van der Waals surface area (Å²) < 4.78 is 10.7. The highest BCUT2D eigenvalue weighted by Crippen LogP contribution is 2.27. The summed E-state index contributed by atoms with van der Waals surface area (Å²) in [4.78, 5) is 37.6. The van der Waals surface area contributed by atoms with Gasteiger partial charge in [0, 0.05) is 29.2 Å².